The molecule has 0 heterocycles. The van der Waals surface area contributed by atoms with E-state index in [1.807, 2.05) is 13.8 Å². The summed E-state index contributed by atoms with van der Waals surface area (Å²) in [6, 6.07) is 1.92. The molecule has 21 heavy (non-hydrogen) atoms. The highest BCUT2D eigenvalue weighted by molar-refractivity contribution is 7.89. The number of anilines is 1. The van der Waals surface area contributed by atoms with Gasteiger partial charge in [-0.3, -0.25) is 4.79 Å². The molecule has 0 aromatic heterocycles. The zero-order valence-corrected chi connectivity index (χ0v) is 12.9. The van der Waals surface area contributed by atoms with Crippen LogP contribution in [-0.2, 0) is 19.6 Å². The number of methoxy groups -OCH3 is 1. The van der Waals surface area contributed by atoms with Gasteiger partial charge in [0.05, 0.1) is 12.8 Å². The maximum absolute atomic E-state index is 13.0. The van der Waals surface area contributed by atoms with Crippen LogP contribution < -0.4 is 10.5 Å². The van der Waals surface area contributed by atoms with Gasteiger partial charge in [-0.1, -0.05) is 13.8 Å². The van der Waals surface area contributed by atoms with Crippen molar-refractivity contribution in [2.24, 2.45) is 5.92 Å². The highest BCUT2D eigenvalue weighted by atomic mass is 32.2. The third kappa shape index (κ3) is 4.68. The Kier molecular flexibility index (Phi) is 5.68. The molecular weight excluding hydrogens is 299 g/mol. The van der Waals surface area contributed by atoms with Crippen LogP contribution >= 0.6 is 0 Å². The normalized spacial score (nSPS) is 13.2. The Labute approximate surface area is 123 Å². The summed E-state index contributed by atoms with van der Waals surface area (Å²) >= 11 is 0. The van der Waals surface area contributed by atoms with Crippen LogP contribution in [-0.4, -0.2) is 27.5 Å². The Morgan fingerprint density at radius 3 is 2.52 bits per heavy atom. The first-order chi connectivity index (χ1) is 9.67. The third-order valence-corrected chi connectivity index (χ3v) is 4.30. The van der Waals surface area contributed by atoms with Gasteiger partial charge in [-0.15, -0.1) is 0 Å². The smallest absolute Gasteiger partial charge is 0.323 e. The topological polar surface area (TPSA) is 98.5 Å². The maximum Gasteiger partial charge on any atom is 0.323 e. The van der Waals surface area contributed by atoms with Gasteiger partial charge < -0.3 is 10.5 Å². The van der Waals surface area contributed by atoms with E-state index in [0.29, 0.717) is 0 Å². The van der Waals surface area contributed by atoms with E-state index in [1.165, 1.54) is 7.11 Å². The van der Waals surface area contributed by atoms with Crippen LogP contribution in [0.4, 0.5) is 10.1 Å². The zero-order chi connectivity index (χ0) is 16.2. The monoisotopic (exact) mass is 318 g/mol. The summed E-state index contributed by atoms with van der Waals surface area (Å²) in [5.74, 6) is -1.26. The average molecular weight is 318 g/mol. The van der Waals surface area contributed by atoms with E-state index in [0.717, 1.165) is 18.2 Å². The second-order valence-corrected chi connectivity index (χ2v) is 6.69. The van der Waals surface area contributed by atoms with Crippen molar-refractivity contribution < 1.29 is 22.3 Å². The molecule has 0 fully saturated rings. The highest BCUT2D eigenvalue weighted by Crippen LogP contribution is 2.20. The minimum Gasteiger partial charge on any atom is -0.468 e. The first-order valence-corrected chi connectivity index (χ1v) is 7.81. The Hall–Kier alpha value is -1.67. The van der Waals surface area contributed by atoms with Gasteiger partial charge in [0, 0.05) is 0 Å². The summed E-state index contributed by atoms with van der Waals surface area (Å²) in [6.07, 6.45) is 0.271. The fraction of sp³-hybridized carbons (Fsp3) is 0.462. The average Bonchev–Trinajstić information content (AvgIpc) is 2.35. The molecule has 0 spiro atoms. The molecule has 1 atom stereocenters. The van der Waals surface area contributed by atoms with Crippen LogP contribution in [0, 0.1) is 11.7 Å². The summed E-state index contributed by atoms with van der Waals surface area (Å²) in [5, 5.41) is 0. The molecular formula is C13H19FN2O4S. The van der Waals surface area contributed by atoms with Gasteiger partial charge in [-0.05, 0) is 30.5 Å². The third-order valence-electron chi connectivity index (χ3n) is 2.75. The lowest BCUT2D eigenvalue weighted by Gasteiger charge is -2.19. The lowest BCUT2D eigenvalue weighted by Crippen LogP contribution is -2.42. The molecule has 1 unspecified atom stereocenters. The molecule has 0 aliphatic carbocycles. The van der Waals surface area contributed by atoms with Crippen LogP contribution in [0.25, 0.3) is 0 Å². The molecule has 0 aliphatic rings. The fourth-order valence-corrected chi connectivity index (χ4v) is 3.13. The van der Waals surface area contributed by atoms with Gasteiger partial charge in [-0.2, -0.15) is 4.72 Å². The van der Waals surface area contributed by atoms with Crippen LogP contribution in [0.3, 0.4) is 0 Å². The summed E-state index contributed by atoms with van der Waals surface area (Å²) in [7, 11) is -2.87. The number of hydrogen-bond donors (Lipinski definition) is 2. The number of halogens is 1. The largest absolute Gasteiger partial charge is 0.468 e. The summed E-state index contributed by atoms with van der Waals surface area (Å²) in [6.45, 7) is 3.69. The minimum atomic E-state index is -4.05. The molecule has 1 aromatic rings. The summed E-state index contributed by atoms with van der Waals surface area (Å²) < 4.78 is 44.3. The lowest BCUT2D eigenvalue weighted by molar-refractivity contribution is -0.143. The SMILES string of the molecule is COC(=O)C(CC(C)C)NS(=O)(=O)c1ccc(F)cc1N. The van der Waals surface area contributed by atoms with Gasteiger partial charge in [0.25, 0.3) is 0 Å². The van der Waals surface area contributed by atoms with Crippen LogP contribution in [0.15, 0.2) is 23.1 Å². The van der Waals surface area contributed by atoms with Crippen molar-refractivity contribution in [3.63, 3.8) is 0 Å². The van der Waals surface area contributed by atoms with E-state index in [9.17, 15) is 17.6 Å². The number of nitrogen functional groups attached to an aromatic ring is 1. The number of hydrogen-bond acceptors (Lipinski definition) is 5. The fourth-order valence-electron chi connectivity index (χ4n) is 1.82. The van der Waals surface area contributed by atoms with E-state index >= 15 is 0 Å². The van der Waals surface area contributed by atoms with Crippen LogP contribution in [0.2, 0.25) is 0 Å². The molecule has 6 nitrogen and oxygen atoms in total. The van der Waals surface area contributed by atoms with Crippen LogP contribution in [0.1, 0.15) is 20.3 Å². The molecule has 1 rings (SSSR count). The van der Waals surface area contributed by atoms with E-state index in [-0.39, 0.29) is 22.9 Å². The predicted octanol–water partition coefficient (Wildman–Crippen LogP) is 1.27. The molecule has 3 N–H and O–H groups in total. The van der Waals surface area contributed by atoms with Gasteiger partial charge in [0.15, 0.2) is 0 Å². The van der Waals surface area contributed by atoms with Crippen molar-refractivity contribution in [2.45, 2.75) is 31.2 Å². The first-order valence-electron chi connectivity index (χ1n) is 6.32. The molecule has 1 aromatic carbocycles. The molecule has 0 aliphatic heterocycles. The number of esters is 1. The summed E-state index contributed by atoms with van der Waals surface area (Å²) in [5.41, 5.74) is 5.29. The van der Waals surface area contributed by atoms with Crippen molar-refractivity contribution in [2.75, 3.05) is 12.8 Å². The van der Waals surface area contributed by atoms with Crippen molar-refractivity contribution in [1.82, 2.24) is 4.72 Å². The lowest BCUT2D eigenvalue weighted by atomic mass is 10.1. The maximum atomic E-state index is 13.0. The van der Waals surface area contributed by atoms with Gasteiger partial charge >= 0.3 is 5.97 Å². The number of carbonyl (C=O) groups is 1. The molecule has 0 amide bonds. The minimum absolute atomic E-state index is 0.0716. The van der Waals surface area contributed by atoms with E-state index in [1.54, 1.807) is 0 Å². The Morgan fingerprint density at radius 2 is 2.05 bits per heavy atom. The number of ether oxygens (including phenoxy) is 1. The quantitative estimate of drug-likeness (QED) is 0.608. The second kappa shape index (κ2) is 6.86. The summed E-state index contributed by atoms with van der Waals surface area (Å²) in [4.78, 5) is 11.4. The standard InChI is InChI=1S/C13H19FN2O4S/c1-8(2)6-11(13(17)20-3)16-21(18,19)12-5-4-9(14)7-10(12)15/h4-5,7-8,11,16H,6,15H2,1-3H3. The second-order valence-electron chi connectivity index (χ2n) is 5.01. The van der Waals surface area contributed by atoms with Crippen molar-refractivity contribution >= 4 is 21.7 Å². The number of sulfonamides is 1. The highest BCUT2D eigenvalue weighted by Gasteiger charge is 2.28. The molecule has 0 saturated carbocycles. The Morgan fingerprint density at radius 1 is 1.43 bits per heavy atom. The first kappa shape index (κ1) is 17.4. The van der Waals surface area contributed by atoms with Crippen molar-refractivity contribution in [1.29, 1.82) is 0 Å². The van der Waals surface area contributed by atoms with Crippen LogP contribution in [0.5, 0.6) is 0 Å². The van der Waals surface area contributed by atoms with Crippen molar-refractivity contribution in [3.8, 4) is 0 Å². The Bertz CT molecular complexity index is 617. The van der Waals surface area contributed by atoms with Crippen molar-refractivity contribution in [3.05, 3.63) is 24.0 Å². The van der Waals surface area contributed by atoms with E-state index in [2.05, 4.69) is 9.46 Å². The number of nitrogens with one attached hydrogen (secondary N) is 1. The zero-order valence-electron chi connectivity index (χ0n) is 12.1. The number of carbonyl (C=O) groups excluding carboxylic acids is 1. The van der Waals surface area contributed by atoms with Gasteiger partial charge in [-0.25, -0.2) is 12.8 Å². The number of benzene rings is 1. The molecule has 0 bridgehead atoms. The molecule has 118 valence electrons. The Balaban J connectivity index is 3.08. The molecule has 8 heteroatoms. The van der Waals surface area contributed by atoms with Gasteiger partial charge in [0.1, 0.15) is 16.8 Å². The molecule has 0 saturated heterocycles. The van der Waals surface area contributed by atoms with Gasteiger partial charge in [0.2, 0.25) is 10.0 Å². The van der Waals surface area contributed by atoms with E-state index < -0.39 is 27.9 Å². The van der Waals surface area contributed by atoms with E-state index in [4.69, 9.17) is 5.73 Å². The predicted molar refractivity (Wildman–Crippen MR) is 76.4 cm³/mol. The number of nitrogens with two attached hydrogens (primary N) is 1. The number of rotatable bonds is 6. The molecule has 0 radical (unpaired) electrons.